The van der Waals surface area contributed by atoms with Crippen molar-refractivity contribution >= 4 is 36.0 Å². The number of nitrogens with zero attached hydrogens (tertiary/aromatic N) is 9. The molecule has 129 heavy (non-hydrogen) atoms. The van der Waals surface area contributed by atoms with Crippen LogP contribution >= 0.6 is 0 Å². The van der Waals surface area contributed by atoms with Crippen LogP contribution in [0.1, 0.15) is 251 Å². The van der Waals surface area contributed by atoms with Crippen LogP contribution < -0.4 is 0 Å². The largest absolute Gasteiger partial charge is 0.444 e. The second kappa shape index (κ2) is 42.1. The first-order chi connectivity index (χ1) is 60.1. The lowest BCUT2D eigenvalue weighted by Gasteiger charge is -2.50. The summed E-state index contributed by atoms with van der Waals surface area (Å²) < 4.78 is 136. The molecule has 708 valence electrons. The summed E-state index contributed by atoms with van der Waals surface area (Å²) in [6.45, 7) is 44.6. The number of ether oxygens (including phenoxy) is 3. The summed E-state index contributed by atoms with van der Waals surface area (Å²) in [6.07, 6.45) is -8.21. The quantitative estimate of drug-likeness (QED) is 0.0708. The van der Waals surface area contributed by atoms with Gasteiger partial charge in [0.25, 0.3) is 0 Å². The van der Waals surface area contributed by atoms with Crippen LogP contribution in [-0.2, 0) is 47.1 Å². The molecule has 27 heteroatoms. The van der Waals surface area contributed by atoms with Crippen molar-refractivity contribution in [2.45, 2.75) is 254 Å². The molecule has 0 aromatic heterocycles. The zero-order valence-corrected chi connectivity index (χ0v) is 78.9. The van der Waals surface area contributed by atoms with Crippen LogP contribution in [0.5, 0.6) is 0 Å². The lowest BCUT2D eigenvalue weighted by atomic mass is 9.82. The van der Waals surface area contributed by atoms with Crippen LogP contribution in [0.3, 0.4) is 0 Å². The van der Waals surface area contributed by atoms with E-state index in [0.29, 0.717) is 117 Å². The molecule has 0 saturated carbocycles. The van der Waals surface area contributed by atoms with Crippen LogP contribution in [0.4, 0.5) is 53.9 Å². The van der Waals surface area contributed by atoms with Gasteiger partial charge >= 0.3 is 36.8 Å². The van der Waals surface area contributed by atoms with E-state index in [2.05, 4.69) is 77.0 Å². The van der Waals surface area contributed by atoms with Gasteiger partial charge in [-0.1, -0.05) is 190 Å². The predicted octanol–water partition coefficient (Wildman–Crippen LogP) is 22.2. The van der Waals surface area contributed by atoms with Crippen LogP contribution in [0.2, 0.25) is 0 Å². The van der Waals surface area contributed by atoms with Gasteiger partial charge in [-0.05, 0) is 205 Å². The average molecular weight is 1810 g/mol. The maximum absolute atomic E-state index is 13.8. The Bertz CT molecular complexity index is 4150. The fourth-order valence-corrected chi connectivity index (χ4v) is 18.6. The maximum Gasteiger partial charge on any atom is 0.416 e. The third-order valence-corrected chi connectivity index (χ3v) is 25.5. The summed E-state index contributed by atoms with van der Waals surface area (Å²) in [4.78, 5) is 96.9. The number of halogens is 9. The molecule has 0 aliphatic carbocycles. The number of piperidine rings is 3. The Labute approximate surface area is 758 Å². The molecular weight excluding hydrogens is 1670 g/mol. The minimum absolute atomic E-state index is 0.0729. The Kier molecular flexibility index (Phi) is 33.3. The van der Waals surface area contributed by atoms with Crippen molar-refractivity contribution < 1.29 is 82.5 Å². The highest BCUT2D eigenvalue weighted by molar-refractivity contribution is 5.79. The first kappa shape index (κ1) is 102. The van der Waals surface area contributed by atoms with Crippen molar-refractivity contribution in [2.75, 3.05) is 98.2 Å². The fraction of sp³-hybridized carbons (Fsp3) is 0.588. The lowest BCUT2D eigenvalue weighted by molar-refractivity contribution is -0.142. The van der Waals surface area contributed by atoms with Crippen LogP contribution in [0.25, 0.3) is 0 Å². The summed E-state index contributed by atoms with van der Waals surface area (Å²) in [6, 6.07) is 45.0. The second-order valence-electron chi connectivity index (χ2n) is 42.0. The number of amides is 6. The maximum atomic E-state index is 13.8. The zero-order valence-electron chi connectivity index (χ0n) is 78.9. The molecule has 0 radical (unpaired) electrons. The number of likely N-dealkylation sites (tertiary alicyclic amines) is 3. The van der Waals surface area contributed by atoms with Gasteiger partial charge in [0.15, 0.2) is 0 Å². The number of hydrogen-bond acceptors (Lipinski definition) is 12. The number of alkyl halides is 9. The topological polar surface area (TPSA) is 159 Å². The van der Waals surface area contributed by atoms with Gasteiger partial charge in [0.1, 0.15) is 16.8 Å². The van der Waals surface area contributed by atoms with Gasteiger partial charge in [0.2, 0.25) is 17.7 Å². The number of carbonyl (C=O) groups excluding carboxylic acids is 6. The van der Waals surface area contributed by atoms with Gasteiger partial charge in [0.05, 0.1) is 34.8 Å². The van der Waals surface area contributed by atoms with Crippen molar-refractivity contribution in [2.24, 2.45) is 34.0 Å². The van der Waals surface area contributed by atoms with Gasteiger partial charge in [-0.3, -0.25) is 29.1 Å². The summed E-state index contributed by atoms with van der Waals surface area (Å²) in [5.74, 6) is 0.986. The van der Waals surface area contributed by atoms with E-state index >= 15 is 0 Å². The van der Waals surface area contributed by atoms with Gasteiger partial charge in [0, 0.05) is 136 Å². The number of rotatable bonds is 15. The van der Waals surface area contributed by atoms with Crippen molar-refractivity contribution in [3.05, 3.63) is 214 Å². The van der Waals surface area contributed by atoms with Gasteiger partial charge in [-0.2, -0.15) is 39.5 Å². The predicted molar refractivity (Wildman–Crippen MR) is 484 cm³/mol. The van der Waals surface area contributed by atoms with E-state index < -0.39 is 52.0 Å². The van der Waals surface area contributed by atoms with Gasteiger partial charge in [-0.15, -0.1) is 0 Å². The SMILES string of the molecule is CC(C)(C)OC(=O)N1CCC(CC(=O)N2CCN(C(c3ccccc3)c3ccc(C(F)(F)F)cc3)C[C@@H]2C(C)(C)C)CC1.CC(C)(C)OC(=O)N1CCC(CC(=O)N2CCN(C(c3ccccc3)c3ccc(C(F)(F)F)cc3)C[C@@H]2C(C)(C)C)CC1.CC(C)(C)OC(=O)N1CCC(CC(=O)N2CCN(C(c3ccccc3)c3ccc(C(F)(F)F)cc3)C[C@@H]2C(C)(C)C)CC1. The Morgan fingerprint density at radius 3 is 0.651 bits per heavy atom. The summed E-state index contributed by atoms with van der Waals surface area (Å²) in [7, 11) is 0. The normalized spacial score (nSPS) is 20.2. The Morgan fingerprint density at radius 1 is 0.279 bits per heavy atom. The van der Waals surface area contributed by atoms with E-state index in [-0.39, 0.29) is 106 Å². The third kappa shape index (κ3) is 28.9. The molecule has 12 rings (SSSR count). The molecule has 6 saturated heterocycles. The zero-order chi connectivity index (χ0) is 94.7. The van der Waals surface area contributed by atoms with E-state index in [1.54, 1.807) is 51.1 Å². The molecule has 6 aromatic carbocycles. The average Bonchev–Trinajstić information content (AvgIpc) is 0.781. The first-order valence-corrected chi connectivity index (χ1v) is 45.8. The minimum Gasteiger partial charge on any atom is -0.444 e. The van der Waals surface area contributed by atoms with Gasteiger partial charge < -0.3 is 43.6 Å². The lowest BCUT2D eigenvalue weighted by Crippen LogP contribution is -2.60. The molecule has 6 atom stereocenters. The monoisotopic (exact) mass is 1800 g/mol. The molecule has 0 N–H and O–H groups in total. The highest BCUT2D eigenvalue weighted by atomic mass is 19.4. The number of hydrogen-bond donors (Lipinski definition) is 0. The molecule has 0 spiro atoms. The Hall–Kier alpha value is -9.21. The van der Waals surface area contributed by atoms with Crippen LogP contribution in [0.15, 0.2) is 164 Å². The Balaban J connectivity index is 0.000000201. The number of benzene rings is 6. The molecular formula is C102H138F9N9O9. The minimum atomic E-state index is -4.39. The van der Waals surface area contributed by atoms with Crippen molar-refractivity contribution in [3.63, 3.8) is 0 Å². The number of carbonyl (C=O) groups is 6. The second-order valence-corrected chi connectivity index (χ2v) is 42.0. The summed E-state index contributed by atoms with van der Waals surface area (Å²) in [5, 5.41) is 0. The first-order valence-electron chi connectivity index (χ1n) is 45.8. The highest BCUT2D eigenvalue weighted by Crippen LogP contribution is 2.44. The molecule has 6 aliphatic heterocycles. The standard InChI is InChI=1S/3C34H46F3N3O3/c3*1-32(2,3)28-23-39(30(25-10-8-7-9-11-25)26-12-14-27(15-13-26)34(35,36)37)20-21-40(28)29(41)22-24-16-18-38(19-17-24)31(42)43-33(4,5)6/h3*7-15,24,28,30H,16-23H2,1-6H3/t3*28-,30?/m111/s1. The molecule has 0 bridgehead atoms. The molecule has 6 amide bonds. The molecule has 6 heterocycles. The van der Waals surface area contributed by atoms with E-state index in [1.165, 1.54) is 0 Å². The van der Waals surface area contributed by atoms with E-state index in [0.717, 1.165) is 108 Å². The summed E-state index contributed by atoms with van der Waals surface area (Å²) in [5.41, 5.74) is 1.15. The van der Waals surface area contributed by atoms with E-state index in [9.17, 15) is 68.3 Å². The summed E-state index contributed by atoms with van der Waals surface area (Å²) >= 11 is 0. The fourth-order valence-electron chi connectivity index (χ4n) is 18.6. The molecule has 6 aliphatic rings. The van der Waals surface area contributed by atoms with Gasteiger partial charge in [-0.25, -0.2) is 14.4 Å². The highest BCUT2D eigenvalue weighted by Gasteiger charge is 2.47. The third-order valence-electron chi connectivity index (χ3n) is 25.5. The van der Waals surface area contributed by atoms with Crippen LogP contribution in [0, 0.1) is 34.0 Å². The van der Waals surface area contributed by atoms with Crippen molar-refractivity contribution in [3.8, 4) is 0 Å². The smallest absolute Gasteiger partial charge is 0.416 e. The molecule has 18 nitrogen and oxygen atoms in total. The van der Waals surface area contributed by atoms with E-state index in [4.69, 9.17) is 14.2 Å². The Morgan fingerprint density at radius 2 is 0.473 bits per heavy atom. The molecule has 3 unspecified atom stereocenters. The molecule has 6 fully saturated rings. The number of piperazine rings is 3. The van der Waals surface area contributed by atoms with Crippen molar-refractivity contribution in [1.82, 2.24) is 44.1 Å². The van der Waals surface area contributed by atoms with Crippen molar-refractivity contribution in [1.29, 1.82) is 0 Å². The van der Waals surface area contributed by atoms with E-state index in [1.807, 2.05) is 168 Å². The molecule has 6 aromatic rings. The van der Waals surface area contributed by atoms with Crippen LogP contribution in [-0.4, -0.2) is 213 Å².